The smallest absolute Gasteiger partial charge is 0.162 e. The van der Waals surface area contributed by atoms with Gasteiger partial charge in [-0.1, -0.05) is 11.6 Å². The van der Waals surface area contributed by atoms with Crippen molar-refractivity contribution >= 4 is 16.7 Å². The van der Waals surface area contributed by atoms with Crippen LogP contribution in [0.4, 0.5) is 5.82 Å². The standard InChI is InChI=1S/C17H17N3O/c1-11-4-9-15-14(10-11)17(18-2)20-16(19-15)12-5-7-13(21-3)8-6-12/h4-10H,1-3H3,(H,18,19,20). The van der Waals surface area contributed by atoms with Crippen molar-refractivity contribution in [3.8, 4) is 17.1 Å². The Labute approximate surface area is 123 Å². The molecular formula is C17H17N3O. The van der Waals surface area contributed by atoms with Gasteiger partial charge in [0.2, 0.25) is 0 Å². The highest BCUT2D eigenvalue weighted by Gasteiger charge is 2.09. The number of anilines is 1. The number of nitrogens with one attached hydrogen (secondary N) is 1. The Bertz CT molecular complexity index is 782. The molecule has 1 heterocycles. The third kappa shape index (κ3) is 2.52. The van der Waals surface area contributed by atoms with E-state index in [0.29, 0.717) is 5.82 Å². The second kappa shape index (κ2) is 5.40. The summed E-state index contributed by atoms with van der Waals surface area (Å²) >= 11 is 0. The van der Waals surface area contributed by atoms with Crippen LogP contribution in [0.15, 0.2) is 42.5 Å². The fraction of sp³-hybridized carbons (Fsp3) is 0.176. The lowest BCUT2D eigenvalue weighted by molar-refractivity contribution is 0.415. The Hall–Kier alpha value is -2.62. The monoisotopic (exact) mass is 279 g/mol. The Kier molecular flexibility index (Phi) is 3.44. The molecule has 1 aromatic heterocycles. The van der Waals surface area contributed by atoms with Crippen molar-refractivity contribution in [2.75, 3.05) is 19.5 Å². The lowest BCUT2D eigenvalue weighted by Crippen LogP contribution is -1.99. The largest absolute Gasteiger partial charge is 0.497 e. The fourth-order valence-electron chi connectivity index (χ4n) is 2.30. The minimum atomic E-state index is 0.707. The first-order valence-electron chi connectivity index (χ1n) is 6.82. The number of hydrogen-bond donors (Lipinski definition) is 1. The number of benzene rings is 2. The molecular weight excluding hydrogens is 262 g/mol. The molecule has 0 spiro atoms. The first-order valence-corrected chi connectivity index (χ1v) is 6.82. The van der Waals surface area contributed by atoms with Gasteiger partial charge in [0, 0.05) is 18.0 Å². The third-order valence-electron chi connectivity index (χ3n) is 3.44. The van der Waals surface area contributed by atoms with Gasteiger partial charge in [0.1, 0.15) is 11.6 Å². The Balaban J connectivity index is 2.16. The molecule has 0 saturated heterocycles. The molecule has 0 bridgehead atoms. The normalized spacial score (nSPS) is 10.6. The number of aryl methyl sites for hydroxylation is 1. The van der Waals surface area contributed by atoms with Crippen molar-refractivity contribution in [2.45, 2.75) is 6.92 Å². The second-order valence-corrected chi connectivity index (χ2v) is 4.89. The van der Waals surface area contributed by atoms with Crippen LogP contribution in [0, 0.1) is 6.92 Å². The molecule has 0 aliphatic rings. The van der Waals surface area contributed by atoms with Gasteiger partial charge in [-0.25, -0.2) is 9.97 Å². The van der Waals surface area contributed by atoms with Crippen molar-refractivity contribution in [3.63, 3.8) is 0 Å². The van der Waals surface area contributed by atoms with Gasteiger partial charge in [-0.3, -0.25) is 0 Å². The molecule has 0 radical (unpaired) electrons. The number of fused-ring (bicyclic) bond motifs is 1. The molecule has 3 aromatic rings. The maximum Gasteiger partial charge on any atom is 0.162 e. The van der Waals surface area contributed by atoms with E-state index in [2.05, 4.69) is 34.3 Å². The summed E-state index contributed by atoms with van der Waals surface area (Å²) in [6, 6.07) is 13.9. The van der Waals surface area contributed by atoms with Crippen molar-refractivity contribution in [2.24, 2.45) is 0 Å². The fourth-order valence-corrected chi connectivity index (χ4v) is 2.30. The van der Waals surface area contributed by atoms with Gasteiger partial charge >= 0.3 is 0 Å². The Morgan fingerprint density at radius 2 is 1.76 bits per heavy atom. The van der Waals surface area contributed by atoms with Crippen LogP contribution in [-0.2, 0) is 0 Å². The molecule has 106 valence electrons. The topological polar surface area (TPSA) is 47.0 Å². The summed E-state index contributed by atoms with van der Waals surface area (Å²) in [4.78, 5) is 9.28. The minimum absolute atomic E-state index is 0.707. The predicted molar refractivity (Wildman–Crippen MR) is 85.8 cm³/mol. The quantitative estimate of drug-likeness (QED) is 0.795. The van der Waals surface area contributed by atoms with Crippen LogP contribution in [0.2, 0.25) is 0 Å². The highest BCUT2D eigenvalue weighted by Crippen LogP contribution is 2.26. The summed E-state index contributed by atoms with van der Waals surface area (Å²) in [5.41, 5.74) is 3.10. The molecule has 1 N–H and O–H groups in total. The second-order valence-electron chi connectivity index (χ2n) is 4.89. The summed E-state index contributed by atoms with van der Waals surface area (Å²) < 4.78 is 5.18. The molecule has 0 fully saturated rings. The number of ether oxygens (including phenoxy) is 1. The number of nitrogens with zero attached hydrogens (tertiary/aromatic N) is 2. The van der Waals surface area contributed by atoms with E-state index in [0.717, 1.165) is 28.0 Å². The summed E-state index contributed by atoms with van der Waals surface area (Å²) in [5.74, 6) is 2.37. The summed E-state index contributed by atoms with van der Waals surface area (Å²) in [6.45, 7) is 2.07. The van der Waals surface area contributed by atoms with Gasteiger partial charge in [-0.05, 0) is 43.3 Å². The van der Waals surface area contributed by atoms with E-state index in [1.165, 1.54) is 5.56 Å². The van der Waals surface area contributed by atoms with E-state index < -0.39 is 0 Å². The van der Waals surface area contributed by atoms with Crippen LogP contribution in [0.3, 0.4) is 0 Å². The molecule has 0 saturated carbocycles. The number of aromatic nitrogens is 2. The highest BCUT2D eigenvalue weighted by molar-refractivity contribution is 5.91. The zero-order valence-electron chi connectivity index (χ0n) is 12.3. The van der Waals surface area contributed by atoms with E-state index in [4.69, 9.17) is 4.74 Å². The van der Waals surface area contributed by atoms with Crippen molar-refractivity contribution in [1.82, 2.24) is 9.97 Å². The molecule has 2 aromatic carbocycles. The number of rotatable bonds is 3. The molecule has 0 atom stereocenters. The minimum Gasteiger partial charge on any atom is -0.497 e. The zero-order valence-corrected chi connectivity index (χ0v) is 12.3. The van der Waals surface area contributed by atoms with Crippen molar-refractivity contribution in [1.29, 1.82) is 0 Å². The molecule has 4 nitrogen and oxygen atoms in total. The first-order chi connectivity index (χ1) is 10.2. The van der Waals surface area contributed by atoms with Gasteiger partial charge in [-0.15, -0.1) is 0 Å². The summed E-state index contributed by atoms with van der Waals surface area (Å²) in [7, 11) is 3.53. The van der Waals surface area contributed by atoms with E-state index >= 15 is 0 Å². The SMILES string of the molecule is CNc1nc(-c2ccc(OC)cc2)nc2ccc(C)cc12. The molecule has 21 heavy (non-hydrogen) atoms. The lowest BCUT2D eigenvalue weighted by Gasteiger charge is -2.09. The Morgan fingerprint density at radius 1 is 1.00 bits per heavy atom. The van der Waals surface area contributed by atoms with Crippen LogP contribution in [-0.4, -0.2) is 24.1 Å². The van der Waals surface area contributed by atoms with Gasteiger partial charge in [0.25, 0.3) is 0 Å². The number of hydrogen-bond acceptors (Lipinski definition) is 4. The summed E-state index contributed by atoms with van der Waals surface area (Å²) in [5, 5.41) is 4.19. The maximum atomic E-state index is 5.18. The molecule has 0 aliphatic heterocycles. The van der Waals surface area contributed by atoms with Gasteiger partial charge in [0.05, 0.1) is 12.6 Å². The molecule has 4 heteroatoms. The predicted octanol–water partition coefficient (Wildman–Crippen LogP) is 3.66. The molecule has 0 aliphatic carbocycles. The average molecular weight is 279 g/mol. The first kappa shape index (κ1) is 13.4. The third-order valence-corrected chi connectivity index (χ3v) is 3.44. The zero-order chi connectivity index (χ0) is 14.8. The average Bonchev–Trinajstić information content (AvgIpc) is 2.54. The lowest BCUT2D eigenvalue weighted by atomic mass is 10.1. The molecule has 0 unspecified atom stereocenters. The maximum absolute atomic E-state index is 5.18. The van der Waals surface area contributed by atoms with Gasteiger partial charge in [0.15, 0.2) is 5.82 Å². The summed E-state index contributed by atoms with van der Waals surface area (Å²) in [6.07, 6.45) is 0. The van der Waals surface area contributed by atoms with E-state index in [1.54, 1.807) is 7.11 Å². The molecule has 3 rings (SSSR count). The van der Waals surface area contributed by atoms with E-state index in [-0.39, 0.29) is 0 Å². The van der Waals surface area contributed by atoms with E-state index in [1.807, 2.05) is 37.4 Å². The van der Waals surface area contributed by atoms with Crippen LogP contribution in [0.5, 0.6) is 5.75 Å². The van der Waals surface area contributed by atoms with Crippen LogP contribution < -0.4 is 10.1 Å². The van der Waals surface area contributed by atoms with Crippen LogP contribution in [0.25, 0.3) is 22.3 Å². The highest BCUT2D eigenvalue weighted by atomic mass is 16.5. The van der Waals surface area contributed by atoms with Crippen LogP contribution in [0.1, 0.15) is 5.56 Å². The van der Waals surface area contributed by atoms with Gasteiger partial charge < -0.3 is 10.1 Å². The number of methoxy groups -OCH3 is 1. The van der Waals surface area contributed by atoms with Crippen molar-refractivity contribution in [3.05, 3.63) is 48.0 Å². The van der Waals surface area contributed by atoms with Crippen LogP contribution >= 0.6 is 0 Å². The van der Waals surface area contributed by atoms with E-state index in [9.17, 15) is 0 Å². The van der Waals surface area contributed by atoms with Crippen molar-refractivity contribution < 1.29 is 4.74 Å². The Morgan fingerprint density at radius 3 is 2.43 bits per heavy atom. The van der Waals surface area contributed by atoms with Gasteiger partial charge in [-0.2, -0.15) is 0 Å². The molecule has 0 amide bonds.